The van der Waals surface area contributed by atoms with Crippen molar-refractivity contribution in [1.82, 2.24) is 5.32 Å². The lowest BCUT2D eigenvalue weighted by Gasteiger charge is -2.25. The second-order valence-corrected chi connectivity index (χ2v) is 4.57. The molecule has 0 atom stereocenters. The van der Waals surface area contributed by atoms with Crippen molar-refractivity contribution in [2.45, 2.75) is 32.6 Å². The first-order valence-electron chi connectivity index (χ1n) is 5.53. The minimum atomic E-state index is -0.170. The van der Waals surface area contributed by atoms with E-state index in [1.54, 1.807) is 0 Å². The zero-order valence-electron chi connectivity index (χ0n) is 9.81. The monoisotopic (exact) mass is 209 g/mol. The average molecular weight is 209 g/mol. The molecule has 1 aromatic rings. The summed E-state index contributed by atoms with van der Waals surface area (Å²) in [7, 11) is 0. The molecule has 0 unspecified atom stereocenters. The van der Waals surface area contributed by atoms with Gasteiger partial charge in [0.05, 0.1) is 0 Å². The van der Waals surface area contributed by atoms with E-state index >= 15 is 0 Å². The van der Waals surface area contributed by atoms with Gasteiger partial charge in [-0.15, -0.1) is 0 Å². The van der Waals surface area contributed by atoms with E-state index < -0.39 is 0 Å². The maximum Gasteiger partial charge on any atom is 0.123 e. The molecule has 0 aromatic heterocycles. The summed E-state index contributed by atoms with van der Waals surface area (Å²) in [4.78, 5) is 0. The van der Waals surface area contributed by atoms with Crippen LogP contribution in [0, 0.1) is 5.82 Å². The normalized spacial score (nSPS) is 11.7. The molecule has 15 heavy (non-hydrogen) atoms. The highest BCUT2D eigenvalue weighted by Crippen LogP contribution is 2.22. The van der Waals surface area contributed by atoms with Gasteiger partial charge in [0, 0.05) is 12.0 Å². The van der Waals surface area contributed by atoms with Crippen LogP contribution in [0.25, 0.3) is 0 Å². The summed E-state index contributed by atoms with van der Waals surface area (Å²) in [5, 5.41) is 3.39. The number of hydrogen-bond donors (Lipinski definition) is 1. The first kappa shape index (κ1) is 12.2. The predicted octanol–water partition coefficient (Wildman–Crippen LogP) is 3.10. The van der Waals surface area contributed by atoms with Crippen molar-refractivity contribution in [3.63, 3.8) is 0 Å². The topological polar surface area (TPSA) is 12.0 Å². The van der Waals surface area contributed by atoms with E-state index in [9.17, 15) is 4.39 Å². The largest absolute Gasteiger partial charge is 0.316 e. The third-order valence-electron chi connectivity index (χ3n) is 2.62. The molecule has 0 aliphatic carbocycles. The van der Waals surface area contributed by atoms with Crippen molar-refractivity contribution in [2.24, 2.45) is 0 Å². The van der Waals surface area contributed by atoms with Gasteiger partial charge in [0.15, 0.2) is 0 Å². The van der Waals surface area contributed by atoms with E-state index in [2.05, 4.69) is 26.1 Å². The summed E-state index contributed by atoms with van der Waals surface area (Å²) >= 11 is 0. The Balaban J connectivity index is 2.63. The van der Waals surface area contributed by atoms with Crippen molar-refractivity contribution in [3.8, 4) is 0 Å². The van der Waals surface area contributed by atoms with Gasteiger partial charge in [-0.05, 0) is 30.7 Å². The smallest absolute Gasteiger partial charge is 0.123 e. The third kappa shape index (κ3) is 3.63. The Kier molecular flexibility index (Phi) is 4.28. The zero-order chi connectivity index (χ0) is 11.3. The van der Waals surface area contributed by atoms with E-state index in [4.69, 9.17) is 0 Å². The van der Waals surface area contributed by atoms with Crippen LogP contribution in [0.3, 0.4) is 0 Å². The van der Waals surface area contributed by atoms with Crippen LogP contribution in [0.5, 0.6) is 0 Å². The summed E-state index contributed by atoms with van der Waals surface area (Å²) in [6, 6.07) is 6.78. The van der Waals surface area contributed by atoms with E-state index in [0.717, 1.165) is 19.5 Å². The van der Waals surface area contributed by atoms with Crippen LogP contribution >= 0.6 is 0 Å². The predicted molar refractivity (Wildman–Crippen MR) is 62.6 cm³/mol. The molecule has 0 saturated carbocycles. The number of hydrogen-bond acceptors (Lipinski definition) is 1. The van der Waals surface area contributed by atoms with Crippen molar-refractivity contribution in [3.05, 3.63) is 35.6 Å². The van der Waals surface area contributed by atoms with Crippen LogP contribution in [0.2, 0.25) is 0 Å². The lowest BCUT2D eigenvalue weighted by atomic mass is 9.84. The molecule has 0 spiro atoms. The number of halogens is 1. The molecule has 1 aromatic carbocycles. The second-order valence-electron chi connectivity index (χ2n) is 4.57. The van der Waals surface area contributed by atoms with Crippen LogP contribution in [0.1, 0.15) is 32.8 Å². The van der Waals surface area contributed by atoms with Crippen LogP contribution < -0.4 is 5.32 Å². The first-order chi connectivity index (χ1) is 7.06. The van der Waals surface area contributed by atoms with Crippen molar-refractivity contribution in [2.75, 3.05) is 13.1 Å². The maximum absolute atomic E-state index is 12.8. The molecular weight excluding hydrogens is 189 g/mol. The summed E-state index contributed by atoms with van der Waals surface area (Å²) in [5.74, 6) is -0.170. The Hall–Kier alpha value is -0.890. The Morgan fingerprint density at radius 3 is 2.33 bits per heavy atom. The maximum atomic E-state index is 12.8. The van der Waals surface area contributed by atoms with Crippen LogP contribution in [-0.2, 0) is 5.41 Å². The highest BCUT2D eigenvalue weighted by atomic mass is 19.1. The van der Waals surface area contributed by atoms with E-state index in [1.165, 1.54) is 17.7 Å². The summed E-state index contributed by atoms with van der Waals surface area (Å²) in [6.45, 7) is 8.45. The third-order valence-corrected chi connectivity index (χ3v) is 2.62. The Morgan fingerprint density at radius 1 is 1.20 bits per heavy atom. The number of benzene rings is 1. The minimum absolute atomic E-state index is 0.0584. The molecule has 0 radical (unpaired) electrons. The van der Waals surface area contributed by atoms with Gasteiger partial charge < -0.3 is 5.32 Å². The SMILES string of the molecule is CCCNCC(C)(C)c1ccc(F)cc1. The fraction of sp³-hybridized carbons (Fsp3) is 0.538. The first-order valence-corrected chi connectivity index (χ1v) is 5.53. The average Bonchev–Trinajstić information content (AvgIpc) is 2.18. The molecule has 0 heterocycles. The molecule has 0 aliphatic heterocycles. The molecule has 0 fully saturated rings. The fourth-order valence-corrected chi connectivity index (χ4v) is 1.58. The molecule has 0 saturated heterocycles. The molecule has 0 bridgehead atoms. The summed E-state index contributed by atoms with van der Waals surface area (Å²) < 4.78 is 12.8. The zero-order valence-corrected chi connectivity index (χ0v) is 9.81. The van der Waals surface area contributed by atoms with Gasteiger partial charge in [-0.25, -0.2) is 4.39 Å². The van der Waals surface area contributed by atoms with E-state index in [1.807, 2.05) is 12.1 Å². The van der Waals surface area contributed by atoms with Gasteiger partial charge in [-0.3, -0.25) is 0 Å². The van der Waals surface area contributed by atoms with Crippen LogP contribution in [0.15, 0.2) is 24.3 Å². The van der Waals surface area contributed by atoms with Gasteiger partial charge in [0.1, 0.15) is 5.82 Å². The van der Waals surface area contributed by atoms with Crippen LogP contribution in [-0.4, -0.2) is 13.1 Å². The van der Waals surface area contributed by atoms with Gasteiger partial charge in [-0.1, -0.05) is 32.9 Å². The molecular formula is C13H20FN. The standard InChI is InChI=1S/C13H20FN/c1-4-9-15-10-13(2,3)11-5-7-12(14)8-6-11/h5-8,15H,4,9-10H2,1-3H3. The molecule has 84 valence electrons. The molecule has 2 heteroatoms. The highest BCUT2D eigenvalue weighted by Gasteiger charge is 2.19. The highest BCUT2D eigenvalue weighted by molar-refractivity contribution is 5.24. The molecule has 0 amide bonds. The number of rotatable bonds is 5. The van der Waals surface area contributed by atoms with E-state index in [0.29, 0.717) is 0 Å². The van der Waals surface area contributed by atoms with Crippen molar-refractivity contribution >= 4 is 0 Å². The summed E-state index contributed by atoms with van der Waals surface area (Å²) in [6.07, 6.45) is 1.14. The number of nitrogens with one attached hydrogen (secondary N) is 1. The Labute approximate surface area is 91.7 Å². The van der Waals surface area contributed by atoms with Gasteiger partial charge in [0.2, 0.25) is 0 Å². The van der Waals surface area contributed by atoms with Gasteiger partial charge in [-0.2, -0.15) is 0 Å². The minimum Gasteiger partial charge on any atom is -0.316 e. The second kappa shape index (κ2) is 5.26. The van der Waals surface area contributed by atoms with Crippen molar-refractivity contribution < 1.29 is 4.39 Å². The van der Waals surface area contributed by atoms with Crippen LogP contribution in [0.4, 0.5) is 4.39 Å². The Bertz CT molecular complexity index is 290. The van der Waals surface area contributed by atoms with Crippen molar-refractivity contribution in [1.29, 1.82) is 0 Å². The fourth-order valence-electron chi connectivity index (χ4n) is 1.58. The Morgan fingerprint density at radius 2 is 1.80 bits per heavy atom. The molecule has 1 rings (SSSR count). The lowest BCUT2D eigenvalue weighted by Crippen LogP contribution is -2.33. The molecule has 0 aliphatic rings. The van der Waals surface area contributed by atoms with Gasteiger partial charge >= 0.3 is 0 Å². The molecule has 1 nitrogen and oxygen atoms in total. The summed E-state index contributed by atoms with van der Waals surface area (Å²) in [5.41, 5.74) is 1.23. The molecule has 1 N–H and O–H groups in total. The lowest BCUT2D eigenvalue weighted by molar-refractivity contribution is 0.468. The van der Waals surface area contributed by atoms with E-state index in [-0.39, 0.29) is 11.2 Å². The van der Waals surface area contributed by atoms with Gasteiger partial charge in [0.25, 0.3) is 0 Å². The quantitative estimate of drug-likeness (QED) is 0.735.